The van der Waals surface area contributed by atoms with Crippen molar-refractivity contribution in [1.82, 2.24) is 0 Å². The molecule has 2 aliphatic heterocycles. The van der Waals surface area contributed by atoms with Gasteiger partial charge in [-0.15, -0.1) is 0 Å². The molecule has 0 amide bonds. The number of hydrogen-bond donors (Lipinski definition) is 0. The molecule has 4 aromatic carbocycles. The zero-order valence-electron chi connectivity index (χ0n) is 18.2. The minimum atomic E-state index is 0.564. The Morgan fingerprint density at radius 2 is 0.824 bits per heavy atom. The Bertz CT molecular complexity index is 1340. The Morgan fingerprint density at radius 3 is 1.24 bits per heavy atom. The summed E-state index contributed by atoms with van der Waals surface area (Å²) in [4.78, 5) is 0. The first-order chi connectivity index (χ1) is 16.7. The van der Waals surface area contributed by atoms with Gasteiger partial charge in [-0.2, -0.15) is 0 Å². The van der Waals surface area contributed by atoms with E-state index in [0.717, 1.165) is 44.9 Å². The molecule has 34 heavy (non-hydrogen) atoms. The molecule has 0 atom stereocenters. The second-order valence-corrected chi connectivity index (χ2v) is 10.8. The largest absolute Gasteiger partial charge is 0.487 e. The number of hydrogen-bond acceptors (Lipinski definition) is 2. The highest BCUT2D eigenvalue weighted by molar-refractivity contribution is 14.1. The van der Waals surface area contributed by atoms with Gasteiger partial charge in [-0.25, -0.2) is 0 Å². The van der Waals surface area contributed by atoms with Gasteiger partial charge in [0.15, 0.2) is 0 Å². The van der Waals surface area contributed by atoms with Crippen LogP contribution in [-0.2, 0) is 0 Å². The van der Waals surface area contributed by atoms with Crippen molar-refractivity contribution in [1.29, 1.82) is 0 Å². The van der Waals surface area contributed by atoms with E-state index in [1.165, 1.54) is 18.3 Å². The van der Waals surface area contributed by atoms with Crippen LogP contribution in [0.4, 0.5) is 0 Å². The fourth-order valence-corrected chi connectivity index (χ4v) is 6.15. The molecule has 6 rings (SSSR count). The SMILES string of the molecule is IC1=C(C2=C(I)COc3c2cccc3-c2ccccc2)c2cccc(-c3ccccc3)c2OC1. The molecule has 0 fully saturated rings. The Hall–Kier alpha value is -2.58. The highest BCUT2D eigenvalue weighted by Gasteiger charge is 2.31. The average molecular weight is 666 g/mol. The summed E-state index contributed by atoms with van der Waals surface area (Å²) in [7, 11) is 0. The van der Waals surface area contributed by atoms with Gasteiger partial charge in [-0.3, -0.25) is 0 Å². The summed E-state index contributed by atoms with van der Waals surface area (Å²) in [6, 6.07) is 33.9. The van der Waals surface area contributed by atoms with Crippen molar-refractivity contribution in [3.05, 3.63) is 115 Å². The van der Waals surface area contributed by atoms with Crippen molar-refractivity contribution in [2.75, 3.05) is 13.2 Å². The first-order valence-electron chi connectivity index (χ1n) is 11.1. The fraction of sp³-hybridized carbons (Fsp3) is 0.0667. The molecule has 0 bridgehead atoms. The number of halogens is 2. The highest BCUT2D eigenvalue weighted by Crippen LogP contribution is 2.52. The van der Waals surface area contributed by atoms with E-state index in [2.05, 4.69) is 130 Å². The lowest BCUT2D eigenvalue weighted by Gasteiger charge is -2.30. The van der Waals surface area contributed by atoms with Crippen molar-refractivity contribution < 1.29 is 9.47 Å². The number of benzene rings is 4. The first kappa shape index (κ1) is 21.9. The number of allylic oxidation sites excluding steroid dienone is 2. The van der Waals surface area contributed by atoms with Gasteiger partial charge in [0.25, 0.3) is 0 Å². The van der Waals surface area contributed by atoms with Gasteiger partial charge < -0.3 is 9.47 Å². The van der Waals surface area contributed by atoms with E-state index in [0.29, 0.717) is 13.2 Å². The quantitative estimate of drug-likeness (QED) is 0.204. The molecule has 4 aromatic rings. The smallest absolute Gasteiger partial charge is 0.135 e. The highest BCUT2D eigenvalue weighted by atomic mass is 127. The van der Waals surface area contributed by atoms with Crippen LogP contribution in [0.3, 0.4) is 0 Å². The third-order valence-electron chi connectivity index (χ3n) is 6.22. The van der Waals surface area contributed by atoms with Crippen molar-refractivity contribution in [2.24, 2.45) is 0 Å². The van der Waals surface area contributed by atoms with Crippen LogP contribution in [0.1, 0.15) is 11.1 Å². The van der Waals surface area contributed by atoms with Crippen molar-refractivity contribution in [2.45, 2.75) is 0 Å². The molecule has 166 valence electrons. The summed E-state index contributed by atoms with van der Waals surface area (Å²) < 4.78 is 15.1. The standard InChI is InChI=1S/C30H20I2O2/c31-25-17-33-29-21(19-9-3-1-4-10-19)13-7-15-23(29)27(25)28-24-16-8-14-22(20-11-5-2-6-12-20)30(24)34-18-26(28)32/h1-16H,17-18H2. The maximum atomic E-state index is 6.34. The number of ether oxygens (including phenoxy) is 2. The van der Waals surface area contributed by atoms with E-state index in [4.69, 9.17) is 9.47 Å². The monoisotopic (exact) mass is 666 g/mol. The summed E-state index contributed by atoms with van der Waals surface area (Å²) in [6.07, 6.45) is 0. The second-order valence-electron chi connectivity index (χ2n) is 8.23. The minimum absolute atomic E-state index is 0.564. The van der Waals surface area contributed by atoms with Crippen LogP contribution in [0, 0.1) is 0 Å². The van der Waals surface area contributed by atoms with E-state index in [1.807, 2.05) is 12.1 Å². The molecule has 0 aromatic heterocycles. The number of para-hydroxylation sites is 2. The van der Waals surface area contributed by atoms with E-state index >= 15 is 0 Å². The lowest BCUT2D eigenvalue weighted by atomic mass is 9.86. The molecule has 0 aliphatic carbocycles. The molecule has 0 spiro atoms. The van der Waals surface area contributed by atoms with Crippen molar-refractivity contribution in [3.63, 3.8) is 0 Å². The zero-order valence-corrected chi connectivity index (χ0v) is 22.5. The van der Waals surface area contributed by atoms with Crippen LogP contribution in [0.5, 0.6) is 11.5 Å². The van der Waals surface area contributed by atoms with Crippen LogP contribution >= 0.6 is 45.2 Å². The Morgan fingerprint density at radius 1 is 0.441 bits per heavy atom. The van der Waals surface area contributed by atoms with Crippen LogP contribution in [0.2, 0.25) is 0 Å². The van der Waals surface area contributed by atoms with E-state index in [-0.39, 0.29) is 0 Å². The van der Waals surface area contributed by atoms with Gasteiger partial charge in [0.05, 0.1) is 0 Å². The molecule has 0 saturated heterocycles. The lowest BCUT2D eigenvalue weighted by Crippen LogP contribution is -2.15. The maximum Gasteiger partial charge on any atom is 0.135 e. The maximum absolute atomic E-state index is 6.34. The summed E-state index contributed by atoms with van der Waals surface area (Å²) >= 11 is 4.90. The van der Waals surface area contributed by atoms with E-state index in [9.17, 15) is 0 Å². The van der Waals surface area contributed by atoms with Gasteiger partial charge >= 0.3 is 0 Å². The third kappa shape index (κ3) is 3.77. The summed E-state index contributed by atoms with van der Waals surface area (Å²) in [6.45, 7) is 1.13. The number of fused-ring (bicyclic) bond motifs is 2. The lowest BCUT2D eigenvalue weighted by molar-refractivity contribution is 0.355. The van der Waals surface area contributed by atoms with Crippen LogP contribution < -0.4 is 9.47 Å². The normalized spacial score (nSPS) is 14.8. The predicted molar refractivity (Wildman–Crippen MR) is 157 cm³/mol. The Balaban J connectivity index is 1.55. The molecule has 4 heteroatoms. The van der Waals surface area contributed by atoms with Gasteiger partial charge in [0.2, 0.25) is 0 Å². The molecule has 0 unspecified atom stereocenters. The van der Waals surface area contributed by atoms with Crippen LogP contribution in [-0.4, -0.2) is 13.2 Å². The molecular weight excluding hydrogens is 646 g/mol. The molecule has 0 N–H and O–H groups in total. The van der Waals surface area contributed by atoms with Gasteiger partial charge in [0, 0.05) is 40.6 Å². The van der Waals surface area contributed by atoms with Crippen LogP contribution in [0.15, 0.2) is 104 Å². The molecular formula is C30H20I2O2. The van der Waals surface area contributed by atoms with Gasteiger partial charge in [-0.05, 0) is 56.3 Å². The molecule has 0 radical (unpaired) electrons. The Kier molecular flexibility index (Phi) is 5.95. The van der Waals surface area contributed by atoms with Crippen molar-refractivity contribution >= 4 is 56.3 Å². The summed E-state index contributed by atoms with van der Waals surface area (Å²) in [5.74, 6) is 1.90. The minimum Gasteiger partial charge on any atom is -0.487 e. The third-order valence-corrected chi connectivity index (χ3v) is 7.92. The zero-order chi connectivity index (χ0) is 23.1. The molecule has 2 aliphatic rings. The van der Waals surface area contributed by atoms with E-state index < -0.39 is 0 Å². The first-order valence-corrected chi connectivity index (χ1v) is 13.3. The van der Waals surface area contributed by atoms with Crippen molar-refractivity contribution in [3.8, 4) is 33.8 Å². The average Bonchev–Trinajstić information content (AvgIpc) is 2.89. The summed E-state index contributed by atoms with van der Waals surface area (Å²) in [5.41, 5.74) is 9.35. The molecule has 2 heterocycles. The topological polar surface area (TPSA) is 18.5 Å². The molecule has 0 saturated carbocycles. The molecule has 2 nitrogen and oxygen atoms in total. The van der Waals surface area contributed by atoms with Gasteiger partial charge in [-0.1, -0.05) is 97.1 Å². The number of rotatable bonds is 3. The van der Waals surface area contributed by atoms with E-state index in [1.54, 1.807) is 0 Å². The summed E-state index contributed by atoms with van der Waals surface area (Å²) in [5, 5.41) is 0. The Labute approximate surface area is 226 Å². The second kappa shape index (κ2) is 9.23. The van der Waals surface area contributed by atoms with Gasteiger partial charge in [0.1, 0.15) is 24.7 Å². The fourth-order valence-electron chi connectivity index (χ4n) is 4.72. The predicted octanol–water partition coefficient (Wildman–Crippen LogP) is 8.80. The van der Waals surface area contributed by atoms with Crippen LogP contribution in [0.25, 0.3) is 33.4 Å².